The first kappa shape index (κ1) is 20.0. The van der Waals surface area contributed by atoms with E-state index in [0.717, 1.165) is 42.3 Å². The number of aromatic nitrogens is 2. The van der Waals surface area contributed by atoms with Crippen molar-refractivity contribution in [2.75, 3.05) is 16.8 Å². The Labute approximate surface area is 182 Å². The number of nitrogens with zero attached hydrogens (tertiary/aromatic N) is 3. The zero-order chi connectivity index (χ0) is 21.4. The Morgan fingerprint density at radius 1 is 1.10 bits per heavy atom. The van der Waals surface area contributed by atoms with E-state index < -0.39 is 7.12 Å². The van der Waals surface area contributed by atoms with Gasteiger partial charge in [-0.05, 0) is 49.0 Å². The lowest BCUT2D eigenvalue weighted by Gasteiger charge is -2.27. The van der Waals surface area contributed by atoms with Gasteiger partial charge in [-0.25, -0.2) is 4.98 Å². The van der Waals surface area contributed by atoms with Crippen molar-refractivity contribution in [2.45, 2.75) is 38.9 Å². The van der Waals surface area contributed by atoms with Crippen molar-refractivity contribution >= 4 is 30.0 Å². The second-order valence-corrected chi connectivity index (χ2v) is 8.21. The molecule has 5 rings (SSSR count). The predicted octanol–water partition coefficient (Wildman–Crippen LogP) is 1.50. The molecule has 0 aliphatic carbocycles. The number of hydrogen-bond donors (Lipinski definition) is 4. The summed E-state index contributed by atoms with van der Waals surface area (Å²) in [7, 11) is -1.49. The summed E-state index contributed by atoms with van der Waals surface area (Å²) in [5.74, 6) is 1.53. The molecule has 2 aliphatic rings. The van der Waals surface area contributed by atoms with Crippen molar-refractivity contribution in [1.82, 2.24) is 15.3 Å². The van der Waals surface area contributed by atoms with Crippen LogP contribution in [0.2, 0.25) is 0 Å². The van der Waals surface area contributed by atoms with Gasteiger partial charge in [-0.3, -0.25) is 0 Å². The lowest BCUT2D eigenvalue weighted by molar-refractivity contribution is 0.425. The molecule has 0 saturated heterocycles. The molecular formula is C23H26BN5O2. The monoisotopic (exact) mass is 415 g/mol. The zero-order valence-electron chi connectivity index (χ0n) is 17.5. The predicted molar refractivity (Wildman–Crippen MR) is 123 cm³/mol. The molecule has 2 aromatic carbocycles. The van der Waals surface area contributed by atoms with Crippen LogP contribution in [-0.4, -0.2) is 39.7 Å². The van der Waals surface area contributed by atoms with Crippen LogP contribution in [0.15, 0.2) is 48.5 Å². The van der Waals surface area contributed by atoms with E-state index in [0.29, 0.717) is 24.4 Å². The Bertz CT molecular complexity index is 1090. The molecule has 0 amide bonds. The number of nitrogens with one attached hydrogen (secondary N) is 2. The second-order valence-electron chi connectivity index (χ2n) is 8.21. The quantitative estimate of drug-likeness (QED) is 0.470. The number of rotatable bonds is 5. The van der Waals surface area contributed by atoms with Crippen molar-refractivity contribution < 1.29 is 10.0 Å². The minimum atomic E-state index is -1.49. The molecule has 31 heavy (non-hydrogen) atoms. The smallest absolute Gasteiger partial charge is 0.423 e. The van der Waals surface area contributed by atoms with Crippen LogP contribution in [0.25, 0.3) is 0 Å². The van der Waals surface area contributed by atoms with Gasteiger partial charge in [-0.1, -0.05) is 42.5 Å². The van der Waals surface area contributed by atoms with Gasteiger partial charge in [0, 0.05) is 30.4 Å². The maximum atomic E-state index is 9.80. The largest absolute Gasteiger partial charge is 0.488 e. The van der Waals surface area contributed by atoms with Crippen molar-refractivity contribution in [2.24, 2.45) is 0 Å². The third kappa shape index (κ3) is 3.78. The summed E-state index contributed by atoms with van der Waals surface area (Å²) in [6.45, 7) is 4.45. The normalized spacial score (nSPS) is 17.3. The van der Waals surface area contributed by atoms with Gasteiger partial charge in [0.05, 0.1) is 5.69 Å². The summed E-state index contributed by atoms with van der Waals surface area (Å²) in [5.41, 5.74) is 5.83. The standard InChI is InChI=1S/C23H26BN5O2/c1-15-12-18-19(24(30)31)8-5-9-21(18)29(15)23-27-20-14-25-11-10-17(20)22(28-23)26-13-16-6-3-2-4-7-16/h2-9,15,25,30-31H,10-14H2,1H3,(H,26,27,28). The SMILES string of the molecule is CC1Cc2c(B(O)O)cccc2N1c1nc2c(c(NCc3ccccc3)n1)CCNC2. The first-order valence-electron chi connectivity index (χ1n) is 10.8. The van der Waals surface area contributed by atoms with Gasteiger partial charge in [0.25, 0.3) is 0 Å². The summed E-state index contributed by atoms with van der Waals surface area (Å²) in [5, 5.41) is 26.5. The summed E-state index contributed by atoms with van der Waals surface area (Å²) in [6, 6.07) is 16.0. The van der Waals surface area contributed by atoms with Crippen LogP contribution in [0.3, 0.4) is 0 Å². The Kier molecular flexibility index (Phi) is 5.35. The van der Waals surface area contributed by atoms with E-state index in [1.807, 2.05) is 30.3 Å². The Balaban J connectivity index is 1.54. The van der Waals surface area contributed by atoms with Crippen LogP contribution in [-0.2, 0) is 25.9 Å². The minimum Gasteiger partial charge on any atom is -0.423 e. The Morgan fingerprint density at radius 2 is 1.94 bits per heavy atom. The molecule has 7 nitrogen and oxygen atoms in total. The molecule has 4 N–H and O–H groups in total. The van der Waals surface area contributed by atoms with E-state index in [4.69, 9.17) is 9.97 Å². The molecule has 0 fully saturated rings. The summed E-state index contributed by atoms with van der Waals surface area (Å²) >= 11 is 0. The summed E-state index contributed by atoms with van der Waals surface area (Å²) < 4.78 is 0. The second kappa shape index (κ2) is 8.30. The van der Waals surface area contributed by atoms with Crippen LogP contribution < -0.4 is 21.0 Å². The van der Waals surface area contributed by atoms with Crippen molar-refractivity contribution in [3.8, 4) is 0 Å². The fraction of sp³-hybridized carbons (Fsp3) is 0.304. The molecule has 1 aromatic heterocycles. The number of fused-ring (bicyclic) bond motifs is 2. The van der Waals surface area contributed by atoms with E-state index in [1.165, 1.54) is 11.1 Å². The van der Waals surface area contributed by atoms with Gasteiger partial charge in [-0.15, -0.1) is 0 Å². The summed E-state index contributed by atoms with van der Waals surface area (Å²) in [4.78, 5) is 12.0. The van der Waals surface area contributed by atoms with E-state index >= 15 is 0 Å². The van der Waals surface area contributed by atoms with Crippen molar-refractivity contribution in [1.29, 1.82) is 0 Å². The molecule has 3 aromatic rings. The van der Waals surface area contributed by atoms with E-state index in [9.17, 15) is 10.0 Å². The molecule has 0 bridgehead atoms. The van der Waals surface area contributed by atoms with E-state index in [1.54, 1.807) is 6.07 Å². The molecular weight excluding hydrogens is 389 g/mol. The molecule has 3 heterocycles. The van der Waals surface area contributed by atoms with Crippen LogP contribution in [0, 0.1) is 0 Å². The van der Waals surface area contributed by atoms with Crippen molar-refractivity contribution in [3.05, 3.63) is 70.9 Å². The molecule has 0 spiro atoms. The maximum absolute atomic E-state index is 9.80. The molecule has 0 radical (unpaired) electrons. The number of anilines is 3. The number of benzene rings is 2. The highest BCUT2D eigenvalue weighted by Crippen LogP contribution is 2.37. The molecule has 0 saturated carbocycles. The number of hydrogen-bond acceptors (Lipinski definition) is 7. The molecule has 8 heteroatoms. The van der Waals surface area contributed by atoms with E-state index in [-0.39, 0.29) is 6.04 Å². The first-order chi connectivity index (χ1) is 15.1. The minimum absolute atomic E-state index is 0.117. The lowest BCUT2D eigenvalue weighted by atomic mass is 9.76. The van der Waals surface area contributed by atoms with Gasteiger partial charge < -0.3 is 25.6 Å². The molecule has 158 valence electrons. The van der Waals surface area contributed by atoms with Gasteiger partial charge in [-0.2, -0.15) is 4.98 Å². The van der Waals surface area contributed by atoms with Crippen LogP contribution in [0.5, 0.6) is 0 Å². The van der Waals surface area contributed by atoms with Gasteiger partial charge >= 0.3 is 7.12 Å². The van der Waals surface area contributed by atoms with E-state index in [2.05, 4.69) is 34.6 Å². The fourth-order valence-electron chi connectivity index (χ4n) is 4.59. The van der Waals surface area contributed by atoms with Crippen molar-refractivity contribution in [3.63, 3.8) is 0 Å². The van der Waals surface area contributed by atoms with Crippen LogP contribution >= 0.6 is 0 Å². The highest BCUT2D eigenvalue weighted by molar-refractivity contribution is 6.59. The van der Waals surface area contributed by atoms with Crippen LogP contribution in [0.1, 0.15) is 29.3 Å². The zero-order valence-corrected chi connectivity index (χ0v) is 17.5. The highest BCUT2D eigenvalue weighted by Gasteiger charge is 2.34. The average Bonchev–Trinajstić information content (AvgIpc) is 3.13. The Hall–Kier alpha value is -2.94. The molecule has 1 atom stereocenters. The molecule has 2 aliphatic heterocycles. The maximum Gasteiger partial charge on any atom is 0.488 e. The highest BCUT2D eigenvalue weighted by atomic mass is 16.4. The lowest BCUT2D eigenvalue weighted by Crippen LogP contribution is -2.32. The third-order valence-corrected chi connectivity index (χ3v) is 6.11. The third-order valence-electron chi connectivity index (χ3n) is 6.11. The van der Waals surface area contributed by atoms with Crippen LogP contribution in [0.4, 0.5) is 17.5 Å². The van der Waals surface area contributed by atoms with Gasteiger partial charge in [0.15, 0.2) is 0 Å². The van der Waals surface area contributed by atoms with Gasteiger partial charge in [0.2, 0.25) is 5.95 Å². The topological polar surface area (TPSA) is 93.5 Å². The average molecular weight is 415 g/mol. The summed E-state index contributed by atoms with van der Waals surface area (Å²) in [6.07, 6.45) is 1.61. The molecule has 1 unspecified atom stereocenters. The Morgan fingerprint density at radius 3 is 2.74 bits per heavy atom. The van der Waals surface area contributed by atoms with Gasteiger partial charge in [0.1, 0.15) is 5.82 Å². The fourth-order valence-corrected chi connectivity index (χ4v) is 4.59. The first-order valence-corrected chi connectivity index (χ1v) is 10.8.